The van der Waals surface area contributed by atoms with Crippen LogP contribution >= 0.6 is 0 Å². The van der Waals surface area contributed by atoms with Crippen LogP contribution in [0.5, 0.6) is 0 Å². The maximum absolute atomic E-state index is 12.4. The van der Waals surface area contributed by atoms with Crippen LogP contribution in [0.1, 0.15) is 12.0 Å². The molecule has 0 fully saturated rings. The first-order valence-corrected chi connectivity index (χ1v) is 7.27. The monoisotopic (exact) mass is 284 g/mol. The van der Waals surface area contributed by atoms with E-state index < -0.39 is 0 Å². The highest BCUT2D eigenvalue weighted by Crippen LogP contribution is 2.19. The Labute approximate surface area is 124 Å². The second-order valence-electron chi connectivity index (χ2n) is 5.42. The van der Waals surface area contributed by atoms with Gasteiger partial charge in [-0.3, -0.25) is 4.79 Å². The number of para-hydroxylation sites is 1. The minimum atomic E-state index is 0.187. The molecule has 2 heterocycles. The fourth-order valence-corrected chi connectivity index (χ4v) is 2.81. The van der Waals surface area contributed by atoms with Gasteiger partial charge in [0.25, 0.3) is 0 Å². The van der Waals surface area contributed by atoms with Crippen molar-refractivity contribution in [3.63, 3.8) is 0 Å². The van der Waals surface area contributed by atoms with Gasteiger partial charge >= 0.3 is 0 Å². The number of ether oxygens (including phenoxy) is 1. The van der Waals surface area contributed by atoms with Gasteiger partial charge in [0.1, 0.15) is 0 Å². The predicted octanol–water partition coefficient (Wildman–Crippen LogP) is 2.52. The highest BCUT2D eigenvalue weighted by molar-refractivity contribution is 5.89. The van der Waals surface area contributed by atoms with Crippen LogP contribution in [-0.4, -0.2) is 42.6 Å². The zero-order chi connectivity index (χ0) is 14.7. The van der Waals surface area contributed by atoms with Crippen LogP contribution < -0.4 is 0 Å². The Balaban J connectivity index is 1.67. The number of nitrogens with zero attached hydrogens (tertiary/aromatic N) is 1. The summed E-state index contributed by atoms with van der Waals surface area (Å²) in [6, 6.07) is 8.09. The molecular weight excluding hydrogens is 264 g/mol. The molecule has 1 aromatic heterocycles. The number of aromatic amines is 1. The maximum atomic E-state index is 12.4. The van der Waals surface area contributed by atoms with Crippen molar-refractivity contribution < 1.29 is 9.53 Å². The summed E-state index contributed by atoms with van der Waals surface area (Å²) in [6.07, 6.45) is 5.42. The zero-order valence-corrected chi connectivity index (χ0v) is 12.3. The first-order chi connectivity index (χ1) is 10.3. The minimum absolute atomic E-state index is 0.187. The molecule has 110 valence electrons. The summed E-state index contributed by atoms with van der Waals surface area (Å²) in [5.74, 6) is 0.187. The number of benzene rings is 1. The van der Waals surface area contributed by atoms with Crippen molar-refractivity contribution in [2.45, 2.75) is 12.8 Å². The van der Waals surface area contributed by atoms with E-state index in [1.165, 1.54) is 5.57 Å². The third-order valence-electron chi connectivity index (χ3n) is 4.00. The molecule has 4 nitrogen and oxygen atoms in total. The van der Waals surface area contributed by atoms with Gasteiger partial charge in [0.15, 0.2) is 0 Å². The van der Waals surface area contributed by atoms with Crippen LogP contribution in [-0.2, 0) is 16.0 Å². The quantitative estimate of drug-likeness (QED) is 0.877. The molecule has 0 unspecified atom stereocenters. The Kier molecular flexibility index (Phi) is 4.06. The Hall–Kier alpha value is -2.07. The van der Waals surface area contributed by atoms with Gasteiger partial charge in [0.2, 0.25) is 5.91 Å². The Morgan fingerprint density at radius 3 is 3.00 bits per heavy atom. The van der Waals surface area contributed by atoms with Crippen LogP contribution in [0.4, 0.5) is 0 Å². The van der Waals surface area contributed by atoms with Crippen LogP contribution in [0.2, 0.25) is 0 Å². The molecule has 21 heavy (non-hydrogen) atoms. The van der Waals surface area contributed by atoms with Crippen molar-refractivity contribution >= 4 is 16.8 Å². The van der Waals surface area contributed by atoms with E-state index in [0.717, 1.165) is 29.4 Å². The average Bonchev–Trinajstić information content (AvgIpc) is 2.92. The zero-order valence-electron chi connectivity index (χ0n) is 12.3. The molecule has 3 rings (SSSR count). The molecule has 0 radical (unpaired) electrons. The second kappa shape index (κ2) is 6.14. The smallest absolute Gasteiger partial charge is 0.227 e. The molecule has 1 amide bonds. The van der Waals surface area contributed by atoms with Gasteiger partial charge in [-0.2, -0.15) is 0 Å². The number of amides is 1. The molecule has 1 aliphatic rings. The van der Waals surface area contributed by atoms with Crippen molar-refractivity contribution in [1.82, 2.24) is 9.88 Å². The summed E-state index contributed by atoms with van der Waals surface area (Å²) >= 11 is 0. The van der Waals surface area contributed by atoms with Gasteiger partial charge in [-0.1, -0.05) is 24.3 Å². The third kappa shape index (κ3) is 3.00. The lowest BCUT2D eigenvalue weighted by atomic mass is 10.1. The molecule has 0 atom stereocenters. The van der Waals surface area contributed by atoms with Crippen molar-refractivity contribution in [2.75, 3.05) is 26.8 Å². The molecule has 0 saturated carbocycles. The highest BCUT2D eigenvalue weighted by atomic mass is 16.5. The number of fused-ring (bicyclic) bond motifs is 1. The fourth-order valence-electron chi connectivity index (χ4n) is 2.81. The lowest BCUT2D eigenvalue weighted by molar-refractivity contribution is -0.130. The second-order valence-corrected chi connectivity index (χ2v) is 5.42. The molecule has 0 saturated heterocycles. The molecule has 2 aromatic rings. The largest absolute Gasteiger partial charge is 0.380 e. The number of aromatic nitrogens is 1. The van der Waals surface area contributed by atoms with Crippen molar-refractivity contribution in [3.8, 4) is 0 Å². The van der Waals surface area contributed by atoms with Crippen LogP contribution in [0, 0.1) is 0 Å². The number of hydrogen-bond donors (Lipinski definition) is 1. The summed E-state index contributed by atoms with van der Waals surface area (Å²) in [7, 11) is 1.70. The van der Waals surface area contributed by atoms with E-state index in [4.69, 9.17) is 4.74 Å². The van der Waals surface area contributed by atoms with Crippen LogP contribution in [0.15, 0.2) is 42.1 Å². The number of methoxy groups -OCH3 is 1. The Morgan fingerprint density at radius 1 is 1.38 bits per heavy atom. The summed E-state index contributed by atoms with van der Waals surface area (Å²) in [6.45, 7) is 2.15. The maximum Gasteiger partial charge on any atom is 0.227 e. The summed E-state index contributed by atoms with van der Waals surface area (Å²) < 4.78 is 5.13. The molecule has 4 heteroatoms. The number of rotatable bonds is 4. The standard InChI is InChI=1S/C17H20N2O2/c1-21-12-13-6-8-19(9-7-13)17(20)10-14-11-18-16-5-3-2-4-15(14)16/h2-6,11,18H,7-10,12H2,1H3. The van der Waals surface area contributed by atoms with Gasteiger partial charge in [-0.25, -0.2) is 0 Å². The first kappa shape index (κ1) is 13.9. The van der Waals surface area contributed by atoms with Crippen molar-refractivity contribution in [3.05, 3.63) is 47.7 Å². The van der Waals surface area contributed by atoms with Gasteiger partial charge in [-0.15, -0.1) is 0 Å². The van der Waals surface area contributed by atoms with E-state index in [9.17, 15) is 4.79 Å². The van der Waals surface area contributed by atoms with Crippen LogP contribution in [0.3, 0.4) is 0 Å². The van der Waals surface area contributed by atoms with E-state index in [2.05, 4.69) is 17.1 Å². The number of carbonyl (C=O) groups is 1. The molecule has 0 spiro atoms. The average molecular weight is 284 g/mol. The van der Waals surface area contributed by atoms with Gasteiger partial charge in [0, 0.05) is 37.3 Å². The topological polar surface area (TPSA) is 45.3 Å². The van der Waals surface area contributed by atoms with Gasteiger partial charge in [-0.05, 0) is 23.6 Å². The third-order valence-corrected chi connectivity index (χ3v) is 4.00. The van der Waals surface area contributed by atoms with E-state index in [-0.39, 0.29) is 5.91 Å². The minimum Gasteiger partial charge on any atom is -0.380 e. The van der Waals surface area contributed by atoms with Crippen LogP contribution in [0.25, 0.3) is 10.9 Å². The summed E-state index contributed by atoms with van der Waals surface area (Å²) in [5, 5.41) is 1.14. The van der Waals surface area contributed by atoms with Crippen molar-refractivity contribution in [2.24, 2.45) is 0 Å². The molecule has 0 bridgehead atoms. The van der Waals surface area contributed by atoms with Gasteiger partial charge < -0.3 is 14.6 Å². The summed E-state index contributed by atoms with van der Waals surface area (Å²) in [4.78, 5) is 17.6. The first-order valence-electron chi connectivity index (χ1n) is 7.27. The lowest BCUT2D eigenvalue weighted by Gasteiger charge is -2.26. The molecular formula is C17H20N2O2. The lowest BCUT2D eigenvalue weighted by Crippen LogP contribution is -2.36. The number of nitrogens with one attached hydrogen (secondary N) is 1. The Bertz CT molecular complexity index is 672. The van der Waals surface area contributed by atoms with E-state index in [1.54, 1.807) is 7.11 Å². The van der Waals surface area contributed by atoms with Crippen molar-refractivity contribution in [1.29, 1.82) is 0 Å². The summed E-state index contributed by atoms with van der Waals surface area (Å²) in [5.41, 5.74) is 3.44. The molecule has 1 aliphatic heterocycles. The van der Waals surface area contributed by atoms with E-state index >= 15 is 0 Å². The van der Waals surface area contributed by atoms with E-state index in [0.29, 0.717) is 19.6 Å². The predicted molar refractivity (Wildman–Crippen MR) is 83.2 cm³/mol. The van der Waals surface area contributed by atoms with E-state index in [1.807, 2.05) is 29.3 Å². The SMILES string of the molecule is COCC1=CCN(C(=O)Cc2c[nH]c3ccccc23)CC1. The Morgan fingerprint density at radius 2 is 2.24 bits per heavy atom. The number of H-pyrrole nitrogens is 1. The fraction of sp³-hybridized carbons (Fsp3) is 0.353. The number of carbonyl (C=O) groups excluding carboxylic acids is 1. The molecule has 1 N–H and O–H groups in total. The van der Waals surface area contributed by atoms with Gasteiger partial charge in [0.05, 0.1) is 13.0 Å². The number of hydrogen-bond acceptors (Lipinski definition) is 2. The molecule has 0 aliphatic carbocycles. The highest BCUT2D eigenvalue weighted by Gasteiger charge is 2.18. The molecule has 1 aromatic carbocycles. The normalized spacial score (nSPS) is 15.3.